The molecule has 0 bridgehead atoms. The maximum Gasteiger partial charge on any atom is 0.306 e. The van der Waals surface area contributed by atoms with Gasteiger partial charge in [0.2, 0.25) is 0 Å². The molecule has 1 N–H and O–H groups in total. The summed E-state index contributed by atoms with van der Waals surface area (Å²) in [6.07, 6.45) is 6.98. The first-order valence-electron chi connectivity index (χ1n) is 9.15. The van der Waals surface area contributed by atoms with Crippen LogP contribution in [0.4, 0.5) is 0 Å². The Kier molecular flexibility index (Phi) is 6.61. The van der Waals surface area contributed by atoms with E-state index in [9.17, 15) is 9.90 Å². The molecule has 2 aromatic rings. The van der Waals surface area contributed by atoms with E-state index in [0.29, 0.717) is 12.4 Å². The second-order valence-electron chi connectivity index (χ2n) is 6.78. The molecule has 5 nitrogen and oxygen atoms in total. The number of carbonyl (C=O) groups is 1. The SMILES string of the molecule is O=C(C[C@H]1CCCC[C@@H]1O)OCc1cncc(OCc2ccccc2)c1. The van der Waals surface area contributed by atoms with Gasteiger partial charge in [0, 0.05) is 11.8 Å². The van der Waals surface area contributed by atoms with Crippen molar-refractivity contribution in [2.45, 2.75) is 51.4 Å². The van der Waals surface area contributed by atoms with Crippen LogP contribution in [0.5, 0.6) is 5.75 Å². The zero-order valence-electron chi connectivity index (χ0n) is 14.8. The van der Waals surface area contributed by atoms with Crippen molar-refractivity contribution in [1.82, 2.24) is 4.98 Å². The van der Waals surface area contributed by atoms with E-state index in [4.69, 9.17) is 9.47 Å². The highest BCUT2D eigenvalue weighted by Crippen LogP contribution is 2.27. The minimum atomic E-state index is -0.382. The minimum absolute atomic E-state index is 0.0231. The second kappa shape index (κ2) is 9.34. The molecule has 0 radical (unpaired) electrons. The van der Waals surface area contributed by atoms with Crippen LogP contribution in [-0.2, 0) is 22.7 Å². The molecule has 1 saturated carbocycles. The van der Waals surface area contributed by atoms with Gasteiger partial charge in [0.25, 0.3) is 0 Å². The van der Waals surface area contributed by atoms with Gasteiger partial charge >= 0.3 is 5.97 Å². The van der Waals surface area contributed by atoms with E-state index < -0.39 is 0 Å². The molecule has 1 aliphatic rings. The Morgan fingerprint density at radius 2 is 1.88 bits per heavy atom. The van der Waals surface area contributed by atoms with Gasteiger partial charge in [-0.3, -0.25) is 9.78 Å². The summed E-state index contributed by atoms with van der Waals surface area (Å²) in [6.45, 7) is 0.627. The molecule has 0 saturated heterocycles. The Morgan fingerprint density at radius 1 is 1.08 bits per heavy atom. The summed E-state index contributed by atoms with van der Waals surface area (Å²) in [4.78, 5) is 16.2. The first-order chi connectivity index (χ1) is 12.7. The molecule has 5 heteroatoms. The number of hydrogen-bond acceptors (Lipinski definition) is 5. The lowest BCUT2D eigenvalue weighted by Crippen LogP contribution is -2.27. The van der Waals surface area contributed by atoms with Crippen LogP contribution < -0.4 is 4.74 Å². The monoisotopic (exact) mass is 355 g/mol. The zero-order chi connectivity index (χ0) is 18.2. The standard InChI is InChI=1S/C21H25NO4/c23-20-9-5-4-8-18(20)11-21(24)26-15-17-10-19(13-22-12-17)25-14-16-6-2-1-3-7-16/h1-3,6-7,10,12-13,18,20,23H,4-5,8-9,11,14-15H2/t18-,20+/m1/s1. The van der Waals surface area contributed by atoms with Gasteiger partial charge in [-0.2, -0.15) is 0 Å². The number of aliphatic hydroxyl groups excluding tert-OH is 1. The van der Waals surface area contributed by atoms with Crippen molar-refractivity contribution in [3.05, 3.63) is 59.9 Å². The fourth-order valence-electron chi connectivity index (χ4n) is 3.23. The van der Waals surface area contributed by atoms with Gasteiger partial charge in [0.05, 0.1) is 18.7 Å². The van der Waals surface area contributed by atoms with E-state index in [0.717, 1.165) is 36.8 Å². The number of aromatic nitrogens is 1. The molecule has 0 unspecified atom stereocenters. The van der Waals surface area contributed by atoms with Crippen LogP contribution in [0.2, 0.25) is 0 Å². The predicted octanol–water partition coefficient (Wildman–Crippen LogP) is 3.65. The molecule has 26 heavy (non-hydrogen) atoms. The fraction of sp³-hybridized carbons (Fsp3) is 0.429. The summed E-state index contributed by atoms with van der Waals surface area (Å²) < 4.78 is 11.1. The van der Waals surface area contributed by atoms with Crippen molar-refractivity contribution >= 4 is 5.97 Å². The Labute approximate surface area is 154 Å². The number of rotatable bonds is 7. The smallest absolute Gasteiger partial charge is 0.306 e. The normalized spacial score (nSPS) is 19.7. The van der Waals surface area contributed by atoms with Gasteiger partial charge in [0.15, 0.2) is 0 Å². The molecule has 1 aromatic heterocycles. The molecule has 3 rings (SSSR count). The third-order valence-electron chi connectivity index (χ3n) is 4.72. The van der Waals surface area contributed by atoms with E-state index in [1.165, 1.54) is 0 Å². The van der Waals surface area contributed by atoms with E-state index >= 15 is 0 Å². The molecule has 0 amide bonds. The summed E-state index contributed by atoms with van der Waals surface area (Å²) in [6, 6.07) is 11.7. The lowest BCUT2D eigenvalue weighted by Gasteiger charge is -2.26. The van der Waals surface area contributed by atoms with Crippen LogP contribution in [0.1, 0.15) is 43.2 Å². The Bertz CT molecular complexity index is 704. The van der Waals surface area contributed by atoms with Gasteiger partial charge in [-0.05, 0) is 30.4 Å². The maximum absolute atomic E-state index is 12.0. The number of carbonyl (C=O) groups excluding carboxylic acids is 1. The highest BCUT2D eigenvalue weighted by molar-refractivity contribution is 5.69. The largest absolute Gasteiger partial charge is 0.487 e. The van der Waals surface area contributed by atoms with Crippen LogP contribution in [0.25, 0.3) is 0 Å². The average Bonchev–Trinajstić information content (AvgIpc) is 2.68. The molecule has 1 aromatic carbocycles. The molecule has 2 atom stereocenters. The number of esters is 1. The van der Waals surface area contributed by atoms with Crippen LogP contribution in [0.15, 0.2) is 48.8 Å². The fourth-order valence-corrected chi connectivity index (χ4v) is 3.23. The number of aliphatic hydroxyl groups is 1. The van der Waals surface area contributed by atoms with Crippen LogP contribution in [0.3, 0.4) is 0 Å². The van der Waals surface area contributed by atoms with E-state index in [1.807, 2.05) is 36.4 Å². The van der Waals surface area contributed by atoms with Crippen molar-refractivity contribution in [3.8, 4) is 5.75 Å². The third-order valence-corrected chi connectivity index (χ3v) is 4.72. The Balaban J connectivity index is 1.46. The molecular formula is C21H25NO4. The topological polar surface area (TPSA) is 68.7 Å². The number of pyridine rings is 1. The minimum Gasteiger partial charge on any atom is -0.487 e. The first-order valence-corrected chi connectivity index (χ1v) is 9.15. The van der Waals surface area contributed by atoms with Crippen molar-refractivity contribution in [2.24, 2.45) is 5.92 Å². The summed E-state index contributed by atoms with van der Waals surface area (Å²) in [5.41, 5.74) is 1.86. The molecule has 138 valence electrons. The lowest BCUT2D eigenvalue weighted by molar-refractivity contribution is -0.147. The number of hydrogen-bond donors (Lipinski definition) is 1. The van der Waals surface area contributed by atoms with Crippen molar-refractivity contribution < 1.29 is 19.4 Å². The average molecular weight is 355 g/mol. The molecule has 0 aliphatic heterocycles. The van der Waals surface area contributed by atoms with E-state index in [1.54, 1.807) is 12.4 Å². The quantitative estimate of drug-likeness (QED) is 0.768. The summed E-state index contributed by atoms with van der Waals surface area (Å²) in [7, 11) is 0. The van der Waals surface area contributed by atoms with Gasteiger partial charge in [0.1, 0.15) is 19.0 Å². The van der Waals surface area contributed by atoms with Gasteiger partial charge in [-0.1, -0.05) is 43.2 Å². The van der Waals surface area contributed by atoms with Crippen LogP contribution in [-0.4, -0.2) is 22.2 Å². The van der Waals surface area contributed by atoms with Crippen molar-refractivity contribution in [3.63, 3.8) is 0 Å². The molecule has 1 heterocycles. The summed E-state index contributed by atoms with van der Waals surface area (Å²) in [5.74, 6) is 0.395. The zero-order valence-corrected chi connectivity index (χ0v) is 14.8. The van der Waals surface area contributed by atoms with Crippen LogP contribution >= 0.6 is 0 Å². The summed E-state index contributed by atoms with van der Waals surface area (Å²) in [5, 5.41) is 9.96. The van der Waals surface area contributed by atoms with E-state index in [-0.39, 0.29) is 31.0 Å². The highest BCUT2D eigenvalue weighted by Gasteiger charge is 2.25. The van der Waals surface area contributed by atoms with Crippen LogP contribution in [0, 0.1) is 5.92 Å². The molecule has 1 fully saturated rings. The van der Waals surface area contributed by atoms with Crippen molar-refractivity contribution in [2.75, 3.05) is 0 Å². The molecular weight excluding hydrogens is 330 g/mol. The summed E-state index contributed by atoms with van der Waals surface area (Å²) >= 11 is 0. The van der Waals surface area contributed by atoms with Crippen molar-refractivity contribution in [1.29, 1.82) is 0 Å². The van der Waals surface area contributed by atoms with E-state index in [2.05, 4.69) is 4.98 Å². The van der Waals surface area contributed by atoms with Gasteiger partial charge in [-0.15, -0.1) is 0 Å². The third kappa shape index (κ3) is 5.56. The Hall–Kier alpha value is -2.40. The highest BCUT2D eigenvalue weighted by atomic mass is 16.5. The lowest BCUT2D eigenvalue weighted by atomic mass is 9.84. The number of nitrogens with zero attached hydrogens (tertiary/aromatic N) is 1. The predicted molar refractivity (Wildman–Crippen MR) is 97.4 cm³/mol. The maximum atomic E-state index is 12.0. The number of benzene rings is 1. The van der Waals surface area contributed by atoms with Gasteiger partial charge in [-0.25, -0.2) is 0 Å². The second-order valence-corrected chi connectivity index (χ2v) is 6.78. The molecule has 0 spiro atoms. The van der Waals surface area contributed by atoms with Gasteiger partial charge < -0.3 is 14.6 Å². The number of ether oxygens (including phenoxy) is 2. The molecule has 1 aliphatic carbocycles. The Morgan fingerprint density at radius 3 is 2.69 bits per heavy atom. The first kappa shape index (κ1) is 18.4.